The fraction of sp³-hybridized carbons (Fsp3) is 0. The average Bonchev–Trinajstić information content (AvgIpc) is 3.40. The predicted molar refractivity (Wildman–Crippen MR) is 286 cm³/mol. The van der Waals surface area contributed by atoms with E-state index in [4.69, 9.17) is 18.9 Å². The van der Waals surface area contributed by atoms with Gasteiger partial charge in [-0.25, -0.2) is 0 Å². The Balaban J connectivity index is 0.979. The predicted octanol–water partition coefficient (Wildman–Crippen LogP) is 12.4. The summed E-state index contributed by atoms with van der Waals surface area (Å²) >= 11 is 0. The summed E-state index contributed by atoms with van der Waals surface area (Å²) < 4.78 is 27.6. The van der Waals surface area contributed by atoms with Gasteiger partial charge >= 0.3 is 0 Å². The first-order valence-electron chi connectivity index (χ1n) is 23.8. The Morgan fingerprint density at radius 1 is 0.286 bits per heavy atom. The van der Waals surface area contributed by atoms with Crippen LogP contribution in [0.1, 0.15) is 0 Å². The van der Waals surface area contributed by atoms with Crippen molar-refractivity contribution in [2.24, 2.45) is 0 Å². The first kappa shape index (κ1) is 38.9. The second-order valence-corrected chi connectivity index (χ2v) is 18.4. The molecule has 0 aromatic heterocycles. The van der Waals surface area contributed by atoms with E-state index in [1.165, 1.54) is 10.9 Å². The zero-order valence-corrected chi connectivity index (χ0v) is 37.6. The molecule has 4 heterocycles. The Hall–Kier alpha value is -9.13. The lowest BCUT2D eigenvalue weighted by Crippen LogP contribution is -2.63. The molecular formula is C62H38B2N2O4. The van der Waals surface area contributed by atoms with Gasteiger partial charge in [0.05, 0.1) is 0 Å². The minimum Gasteiger partial charge on any atom is -0.458 e. The summed E-state index contributed by atoms with van der Waals surface area (Å²) in [6.45, 7) is -0.299. The van der Waals surface area contributed by atoms with Gasteiger partial charge < -0.3 is 28.7 Å². The zero-order chi connectivity index (χ0) is 45.9. The fourth-order valence-electron chi connectivity index (χ4n) is 11.4. The molecule has 6 nitrogen and oxygen atoms in total. The van der Waals surface area contributed by atoms with Crippen LogP contribution in [0.15, 0.2) is 231 Å². The molecule has 0 N–H and O–H groups in total. The van der Waals surface area contributed by atoms with E-state index in [2.05, 4.69) is 228 Å². The van der Waals surface area contributed by atoms with E-state index in [-0.39, 0.29) is 13.4 Å². The van der Waals surface area contributed by atoms with Crippen molar-refractivity contribution in [1.29, 1.82) is 0 Å². The van der Waals surface area contributed by atoms with Crippen LogP contribution >= 0.6 is 0 Å². The van der Waals surface area contributed by atoms with Crippen LogP contribution in [0.25, 0.3) is 21.5 Å². The van der Waals surface area contributed by atoms with Crippen molar-refractivity contribution < 1.29 is 18.9 Å². The Morgan fingerprint density at radius 3 is 1.17 bits per heavy atom. The van der Waals surface area contributed by atoms with Crippen LogP contribution in [-0.4, -0.2) is 13.4 Å². The lowest BCUT2D eigenvalue weighted by atomic mass is 9.31. The molecule has 0 amide bonds. The highest BCUT2D eigenvalue weighted by atomic mass is 16.5. The van der Waals surface area contributed by atoms with Gasteiger partial charge in [0, 0.05) is 58.4 Å². The SMILES string of the molecule is c1ccc(N2c3cc4c(cc3B3c5ccccc5Oc5cc(Oc6ccc7ccccc7c6)cc2c53)B2c3ccccc3Oc3cc(Oc5ccc6ccccc6c5)cc(c32)N4c2ccccc2)cc1. The summed E-state index contributed by atoms with van der Waals surface area (Å²) in [6, 6.07) is 80.9. The molecule has 0 unspecified atom stereocenters. The van der Waals surface area contributed by atoms with Gasteiger partial charge in [-0.1, -0.05) is 140 Å². The van der Waals surface area contributed by atoms with Crippen LogP contribution in [0.5, 0.6) is 46.0 Å². The van der Waals surface area contributed by atoms with E-state index in [1.807, 2.05) is 12.1 Å². The highest BCUT2D eigenvalue weighted by molar-refractivity contribution is 7.02. The molecule has 0 fully saturated rings. The van der Waals surface area contributed by atoms with Gasteiger partial charge in [0.2, 0.25) is 0 Å². The van der Waals surface area contributed by atoms with Crippen LogP contribution in [0.4, 0.5) is 34.1 Å². The molecule has 11 aromatic carbocycles. The van der Waals surface area contributed by atoms with Crippen LogP contribution in [0, 0.1) is 0 Å². The maximum atomic E-state index is 6.95. The Bertz CT molecular complexity index is 3710. The normalized spacial score (nSPS) is 13.3. The topological polar surface area (TPSA) is 43.4 Å². The maximum absolute atomic E-state index is 6.95. The summed E-state index contributed by atoms with van der Waals surface area (Å²) in [5.41, 5.74) is 13.0. The molecule has 0 saturated carbocycles. The average molecular weight is 897 g/mol. The second-order valence-electron chi connectivity index (χ2n) is 18.4. The van der Waals surface area contributed by atoms with Gasteiger partial charge in [0.25, 0.3) is 13.4 Å². The van der Waals surface area contributed by atoms with Crippen LogP contribution in [0.3, 0.4) is 0 Å². The molecule has 4 aliphatic rings. The number of nitrogens with zero attached hydrogens (tertiary/aromatic N) is 2. The number of rotatable bonds is 6. The summed E-state index contributed by atoms with van der Waals surface area (Å²) in [5.74, 6) is 6.11. The van der Waals surface area contributed by atoms with Crippen molar-refractivity contribution in [3.63, 3.8) is 0 Å². The third-order valence-electron chi connectivity index (χ3n) is 14.4. The molecule has 0 atom stereocenters. The molecule has 326 valence electrons. The van der Waals surface area contributed by atoms with Crippen molar-refractivity contribution in [3.8, 4) is 46.0 Å². The van der Waals surface area contributed by atoms with Crippen molar-refractivity contribution in [3.05, 3.63) is 231 Å². The van der Waals surface area contributed by atoms with Crippen LogP contribution < -0.4 is 61.5 Å². The number of hydrogen-bond acceptors (Lipinski definition) is 6. The summed E-state index contributed by atoms with van der Waals surface area (Å²) in [5, 5.41) is 4.56. The quantitative estimate of drug-likeness (QED) is 0.155. The summed E-state index contributed by atoms with van der Waals surface area (Å²) in [4.78, 5) is 4.80. The maximum Gasteiger partial charge on any atom is 0.256 e. The number of para-hydroxylation sites is 4. The van der Waals surface area contributed by atoms with Crippen LogP contribution in [-0.2, 0) is 0 Å². The van der Waals surface area contributed by atoms with E-state index in [1.54, 1.807) is 0 Å². The second kappa shape index (κ2) is 15.2. The minimum atomic E-state index is -0.149. The van der Waals surface area contributed by atoms with Crippen molar-refractivity contribution >= 4 is 102 Å². The van der Waals surface area contributed by atoms with E-state index in [9.17, 15) is 0 Å². The van der Waals surface area contributed by atoms with Gasteiger partial charge in [-0.05, 0) is 121 Å². The lowest BCUT2D eigenvalue weighted by molar-refractivity contribution is 0.463. The van der Waals surface area contributed by atoms with E-state index in [0.717, 1.165) is 112 Å². The molecule has 15 rings (SSSR count). The third kappa shape index (κ3) is 6.03. The van der Waals surface area contributed by atoms with Gasteiger partial charge in [0.1, 0.15) is 46.0 Å². The number of anilines is 6. The summed E-state index contributed by atoms with van der Waals surface area (Å²) in [7, 11) is 0. The number of benzene rings is 11. The molecule has 0 bridgehead atoms. The van der Waals surface area contributed by atoms with Gasteiger partial charge in [-0.15, -0.1) is 0 Å². The van der Waals surface area contributed by atoms with Crippen molar-refractivity contribution in [1.82, 2.24) is 0 Å². The zero-order valence-electron chi connectivity index (χ0n) is 37.6. The fourth-order valence-corrected chi connectivity index (χ4v) is 11.4. The Kier molecular flexibility index (Phi) is 8.45. The van der Waals surface area contributed by atoms with Crippen molar-refractivity contribution in [2.75, 3.05) is 9.80 Å². The summed E-state index contributed by atoms with van der Waals surface area (Å²) in [6.07, 6.45) is 0. The van der Waals surface area contributed by atoms with E-state index < -0.39 is 0 Å². The van der Waals surface area contributed by atoms with Gasteiger partial charge in [0.15, 0.2) is 0 Å². The molecule has 0 radical (unpaired) electrons. The van der Waals surface area contributed by atoms with Gasteiger partial charge in [-0.3, -0.25) is 0 Å². The minimum absolute atomic E-state index is 0.149. The van der Waals surface area contributed by atoms with Crippen LogP contribution in [0.2, 0.25) is 0 Å². The number of hydrogen-bond donors (Lipinski definition) is 0. The monoisotopic (exact) mass is 896 g/mol. The third-order valence-corrected chi connectivity index (χ3v) is 14.4. The highest BCUT2D eigenvalue weighted by Gasteiger charge is 2.47. The molecule has 0 aliphatic carbocycles. The van der Waals surface area contributed by atoms with Crippen molar-refractivity contribution in [2.45, 2.75) is 0 Å². The molecule has 0 saturated heterocycles. The largest absolute Gasteiger partial charge is 0.458 e. The molecule has 70 heavy (non-hydrogen) atoms. The first-order valence-corrected chi connectivity index (χ1v) is 23.8. The van der Waals surface area contributed by atoms with E-state index in [0.29, 0.717) is 11.5 Å². The first-order chi connectivity index (χ1) is 34.7. The molecular weight excluding hydrogens is 858 g/mol. The number of ether oxygens (including phenoxy) is 4. The molecule has 0 spiro atoms. The standard InChI is InChI=1S/C62H38B2N2O4/c1-3-19-43(20-4-1)65-53-38-54-52(37-51(53)63-49-23-11-13-25-57(49)69-59-35-47(33-55(65)61(59)63)67-45-29-27-39-15-7-9-17-41(39)31-45)64-50-24-12-14-26-58(50)70-60-36-48(68-46-30-28-40-16-8-10-18-42(40)32-46)34-56(62(60)64)66(54)44-21-5-2-6-22-44/h1-38H. The van der Waals surface area contributed by atoms with E-state index >= 15 is 0 Å². The Morgan fingerprint density at radius 2 is 0.700 bits per heavy atom. The highest BCUT2D eigenvalue weighted by Crippen LogP contribution is 2.48. The lowest BCUT2D eigenvalue weighted by Gasteiger charge is -2.44. The smallest absolute Gasteiger partial charge is 0.256 e. The Labute approximate surface area is 405 Å². The number of fused-ring (bicyclic) bond motifs is 10. The molecule has 8 heteroatoms. The molecule has 11 aromatic rings. The molecule has 4 aliphatic heterocycles. The van der Waals surface area contributed by atoms with Gasteiger partial charge in [-0.2, -0.15) is 0 Å².